The maximum absolute atomic E-state index is 13.0. The number of halogens is 1. The minimum absolute atomic E-state index is 0.134. The molecule has 27 heavy (non-hydrogen) atoms. The zero-order chi connectivity index (χ0) is 18.7. The number of carbonyl (C=O) groups is 3. The van der Waals surface area contributed by atoms with Gasteiger partial charge in [0.1, 0.15) is 0 Å². The van der Waals surface area contributed by atoms with Crippen LogP contribution in [0.1, 0.15) is 29.6 Å². The number of hydrogen-bond donors (Lipinski definition) is 1. The molecule has 6 nitrogen and oxygen atoms in total. The molecule has 1 aliphatic heterocycles. The first-order chi connectivity index (χ1) is 13.0. The fourth-order valence-corrected chi connectivity index (χ4v) is 5.67. The third-order valence-electron chi connectivity index (χ3n) is 6.03. The third kappa shape index (κ3) is 2.52. The third-order valence-corrected chi connectivity index (χ3v) is 7.05. The molecule has 2 bridgehead atoms. The molecular weight excluding hydrogens is 386 g/mol. The molecular formula is C19H16ClN3O3S. The number of aromatic nitrogens is 1. The zero-order valence-corrected chi connectivity index (χ0v) is 15.8. The Morgan fingerprint density at radius 2 is 1.89 bits per heavy atom. The highest BCUT2D eigenvalue weighted by molar-refractivity contribution is 7.13. The van der Waals surface area contributed by atoms with Gasteiger partial charge in [0.2, 0.25) is 11.8 Å². The maximum atomic E-state index is 13.0. The number of hydrogen-bond acceptors (Lipinski definition) is 5. The Kier molecular flexibility index (Phi) is 3.84. The minimum atomic E-state index is -0.420. The van der Waals surface area contributed by atoms with Crippen LogP contribution in [0.25, 0.3) is 0 Å². The van der Waals surface area contributed by atoms with E-state index in [1.165, 1.54) is 22.3 Å². The van der Waals surface area contributed by atoms with E-state index in [1.807, 2.05) is 0 Å². The Bertz CT molecular complexity index is 933. The second kappa shape index (κ2) is 6.14. The van der Waals surface area contributed by atoms with Gasteiger partial charge in [-0.15, -0.1) is 11.3 Å². The molecule has 138 valence electrons. The van der Waals surface area contributed by atoms with Crippen molar-refractivity contribution in [3.05, 3.63) is 40.4 Å². The van der Waals surface area contributed by atoms with Crippen molar-refractivity contribution in [1.82, 2.24) is 4.98 Å². The molecule has 1 N–H and O–H groups in total. The van der Waals surface area contributed by atoms with Crippen LogP contribution in [0.3, 0.4) is 0 Å². The second-order valence-corrected chi connectivity index (χ2v) is 8.65. The van der Waals surface area contributed by atoms with Crippen LogP contribution in [-0.2, 0) is 9.59 Å². The molecule has 0 unspecified atom stereocenters. The average Bonchev–Trinajstić information content (AvgIpc) is 3.41. The summed E-state index contributed by atoms with van der Waals surface area (Å²) in [5, 5.41) is 5.15. The molecule has 2 saturated carbocycles. The molecule has 1 saturated heterocycles. The van der Waals surface area contributed by atoms with Gasteiger partial charge < -0.3 is 0 Å². The van der Waals surface area contributed by atoms with Crippen molar-refractivity contribution >= 4 is 51.5 Å². The monoisotopic (exact) mass is 401 g/mol. The number of carbonyl (C=O) groups excluding carboxylic acids is 3. The minimum Gasteiger partial charge on any atom is -0.298 e. The second-order valence-electron chi connectivity index (χ2n) is 7.35. The molecule has 4 atom stereocenters. The summed E-state index contributed by atoms with van der Waals surface area (Å²) in [6.07, 6.45) is 4.64. The lowest BCUT2D eigenvalue weighted by Gasteiger charge is -2.19. The Hall–Kier alpha value is -2.25. The van der Waals surface area contributed by atoms with Gasteiger partial charge in [0.05, 0.1) is 28.1 Å². The summed E-state index contributed by atoms with van der Waals surface area (Å²) in [4.78, 5) is 43.8. The highest BCUT2D eigenvalue weighted by atomic mass is 35.5. The number of imide groups is 1. The lowest BCUT2D eigenvalue weighted by molar-refractivity contribution is -0.123. The molecule has 3 aliphatic rings. The normalized spacial score (nSPS) is 28.7. The van der Waals surface area contributed by atoms with Crippen LogP contribution in [0.4, 0.5) is 10.8 Å². The molecule has 1 aromatic heterocycles. The van der Waals surface area contributed by atoms with Gasteiger partial charge in [0, 0.05) is 11.6 Å². The van der Waals surface area contributed by atoms with Gasteiger partial charge in [0.15, 0.2) is 5.13 Å². The molecule has 0 radical (unpaired) electrons. The van der Waals surface area contributed by atoms with Crippen LogP contribution in [0, 0.1) is 23.7 Å². The number of fused-ring (bicyclic) bond motifs is 5. The van der Waals surface area contributed by atoms with E-state index in [1.54, 1.807) is 23.7 Å². The fourth-order valence-electron chi connectivity index (χ4n) is 4.94. The number of benzene rings is 1. The summed E-state index contributed by atoms with van der Waals surface area (Å²) in [6, 6.07) is 4.70. The summed E-state index contributed by atoms with van der Waals surface area (Å²) in [5.41, 5.74) is 0.623. The summed E-state index contributed by atoms with van der Waals surface area (Å²) < 4.78 is 0. The first-order valence-electron chi connectivity index (χ1n) is 8.93. The van der Waals surface area contributed by atoms with Gasteiger partial charge in [-0.1, -0.05) is 11.6 Å². The number of nitrogens with zero attached hydrogens (tertiary/aromatic N) is 2. The van der Waals surface area contributed by atoms with Crippen LogP contribution >= 0.6 is 22.9 Å². The molecule has 0 spiro atoms. The van der Waals surface area contributed by atoms with Crippen molar-refractivity contribution in [2.45, 2.75) is 19.3 Å². The quantitative estimate of drug-likeness (QED) is 0.797. The number of anilines is 2. The van der Waals surface area contributed by atoms with Crippen molar-refractivity contribution < 1.29 is 14.4 Å². The molecule has 1 aromatic carbocycles. The molecule has 2 aliphatic carbocycles. The van der Waals surface area contributed by atoms with E-state index >= 15 is 0 Å². The van der Waals surface area contributed by atoms with Crippen molar-refractivity contribution in [2.75, 3.05) is 10.2 Å². The summed E-state index contributed by atoms with van der Waals surface area (Å²) in [5.74, 6) is -0.436. The summed E-state index contributed by atoms with van der Waals surface area (Å²) in [6.45, 7) is 0. The summed E-state index contributed by atoms with van der Waals surface area (Å²) in [7, 11) is 0. The lowest BCUT2D eigenvalue weighted by Crippen LogP contribution is -2.33. The SMILES string of the molecule is O=C(Nc1nccs1)c1cc(N2C(=O)[C@@H]3[C@@H]4CC[C@@H](C4)[C@@H]3C2=O)ccc1Cl. The Labute approximate surface area is 164 Å². The van der Waals surface area contributed by atoms with Crippen molar-refractivity contribution in [1.29, 1.82) is 0 Å². The van der Waals surface area contributed by atoms with E-state index in [2.05, 4.69) is 10.3 Å². The number of amides is 3. The van der Waals surface area contributed by atoms with Gasteiger partial charge in [-0.05, 0) is 49.3 Å². The molecule has 5 rings (SSSR count). The van der Waals surface area contributed by atoms with Gasteiger partial charge >= 0.3 is 0 Å². The highest BCUT2D eigenvalue weighted by Gasteiger charge is 2.61. The van der Waals surface area contributed by atoms with Crippen molar-refractivity contribution in [3.8, 4) is 0 Å². The first-order valence-corrected chi connectivity index (χ1v) is 10.2. The molecule has 2 heterocycles. The van der Waals surface area contributed by atoms with E-state index in [-0.39, 0.29) is 34.2 Å². The van der Waals surface area contributed by atoms with E-state index in [4.69, 9.17) is 11.6 Å². The molecule has 3 amide bonds. The first kappa shape index (κ1) is 16.9. The smallest absolute Gasteiger partial charge is 0.259 e. The number of thiazole rings is 1. The molecule has 8 heteroatoms. The van der Waals surface area contributed by atoms with Gasteiger partial charge in [-0.3, -0.25) is 24.6 Å². The lowest BCUT2D eigenvalue weighted by atomic mass is 9.81. The largest absolute Gasteiger partial charge is 0.298 e. The van der Waals surface area contributed by atoms with E-state index in [9.17, 15) is 14.4 Å². The van der Waals surface area contributed by atoms with Crippen LogP contribution in [-0.4, -0.2) is 22.7 Å². The van der Waals surface area contributed by atoms with Crippen molar-refractivity contribution in [2.24, 2.45) is 23.7 Å². The van der Waals surface area contributed by atoms with E-state index in [0.29, 0.717) is 22.7 Å². The predicted octanol–water partition coefficient (Wildman–Crippen LogP) is 3.58. The van der Waals surface area contributed by atoms with Crippen molar-refractivity contribution in [3.63, 3.8) is 0 Å². The zero-order valence-electron chi connectivity index (χ0n) is 14.2. The van der Waals surface area contributed by atoms with Crippen LogP contribution < -0.4 is 10.2 Å². The van der Waals surface area contributed by atoms with Gasteiger partial charge in [-0.25, -0.2) is 4.98 Å². The number of nitrogens with one attached hydrogen (secondary N) is 1. The van der Waals surface area contributed by atoms with Gasteiger partial charge in [-0.2, -0.15) is 0 Å². The Morgan fingerprint density at radius 3 is 2.52 bits per heavy atom. The number of rotatable bonds is 3. The molecule has 3 fully saturated rings. The standard InChI is InChI=1S/C19H16ClN3O3S/c20-13-4-3-11(8-12(13)16(24)22-19-21-5-6-27-19)23-17(25)14-9-1-2-10(7-9)15(14)18(23)26/h3-6,8-10,14-15H,1-2,7H2,(H,21,22,24)/t9-,10+,14-,15+. The van der Waals surface area contributed by atoms with Crippen LogP contribution in [0.5, 0.6) is 0 Å². The Morgan fingerprint density at radius 1 is 1.19 bits per heavy atom. The predicted molar refractivity (Wildman–Crippen MR) is 102 cm³/mol. The highest BCUT2D eigenvalue weighted by Crippen LogP contribution is 2.56. The summed E-state index contributed by atoms with van der Waals surface area (Å²) >= 11 is 7.49. The maximum Gasteiger partial charge on any atom is 0.259 e. The van der Waals surface area contributed by atoms with Crippen LogP contribution in [0.15, 0.2) is 29.8 Å². The van der Waals surface area contributed by atoms with Gasteiger partial charge in [0.25, 0.3) is 5.91 Å². The van der Waals surface area contributed by atoms with E-state index in [0.717, 1.165) is 19.3 Å². The topological polar surface area (TPSA) is 79.4 Å². The molecule has 2 aromatic rings. The van der Waals surface area contributed by atoms with Crippen LogP contribution in [0.2, 0.25) is 5.02 Å². The average molecular weight is 402 g/mol. The van der Waals surface area contributed by atoms with E-state index < -0.39 is 5.91 Å². The fraction of sp³-hybridized carbons (Fsp3) is 0.368. The Balaban J connectivity index is 1.47.